The molecule has 0 aliphatic heterocycles. The molecular formula is C23H23NO5S. The quantitative estimate of drug-likeness (QED) is 0.389. The van der Waals surface area contributed by atoms with Gasteiger partial charge < -0.3 is 14.4 Å². The maximum absolute atomic E-state index is 12.6. The van der Waals surface area contributed by atoms with E-state index in [4.69, 9.17) is 9.47 Å². The Bertz CT molecular complexity index is 1050. The first-order valence-electron chi connectivity index (χ1n) is 9.55. The number of carbonyl (C=O) groups excluding carboxylic acids is 1. The van der Waals surface area contributed by atoms with Crippen LogP contribution in [0.2, 0.25) is 0 Å². The molecule has 0 fully saturated rings. The van der Waals surface area contributed by atoms with E-state index in [-0.39, 0.29) is 22.1 Å². The molecule has 0 radical (unpaired) electrons. The van der Waals surface area contributed by atoms with Gasteiger partial charge in [0, 0.05) is 12.2 Å². The maximum atomic E-state index is 12.6. The molecule has 6 nitrogen and oxygen atoms in total. The van der Waals surface area contributed by atoms with Crippen LogP contribution in [0, 0.1) is 0 Å². The molecule has 3 rings (SSSR count). The molecule has 0 aliphatic carbocycles. The minimum absolute atomic E-state index is 0.121. The summed E-state index contributed by atoms with van der Waals surface area (Å²) in [6, 6.07) is 23.6. The van der Waals surface area contributed by atoms with Gasteiger partial charge in [-0.15, -0.1) is 0 Å². The van der Waals surface area contributed by atoms with Crippen LogP contribution < -0.4 is 9.64 Å². The van der Waals surface area contributed by atoms with Gasteiger partial charge in [-0.3, -0.25) is 0 Å². The van der Waals surface area contributed by atoms with Gasteiger partial charge in [-0.25, -0.2) is 13.2 Å². The van der Waals surface area contributed by atoms with Crippen molar-refractivity contribution in [2.45, 2.75) is 16.7 Å². The van der Waals surface area contributed by atoms with Crippen LogP contribution >= 0.6 is 0 Å². The number of rotatable bonds is 8. The summed E-state index contributed by atoms with van der Waals surface area (Å²) in [5, 5.41) is 0. The highest BCUT2D eigenvalue weighted by atomic mass is 32.2. The first-order chi connectivity index (χ1) is 14.5. The summed E-state index contributed by atoms with van der Waals surface area (Å²) in [6.45, 7) is 3.50. The van der Waals surface area contributed by atoms with Gasteiger partial charge in [-0.2, -0.15) is 0 Å². The van der Waals surface area contributed by atoms with E-state index in [9.17, 15) is 13.2 Å². The molecule has 7 heteroatoms. The van der Waals surface area contributed by atoms with E-state index < -0.39 is 16.0 Å². The van der Waals surface area contributed by atoms with Crippen LogP contribution in [0.15, 0.2) is 94.7 Å². The fourth-order valence-corrected chi connectivity index (χ4v) is 4.18. The van der Waals surface area contributed by atoms with Gasteiger partial charge >= 0.3 is 6.16 Å². The number of para-hydroxylation sites is 1. The molecule has 0 amide bonds. The molecule has 0 heterocycles. The van der Waals surface area contributed by atoms with Crippen molar-refractivity contribution in [3.8, 4) is 5.75 Å². The lowest BCUT2D eigenvalue weighted by Crippen LogP contribution is -2.28. The van der Waals surface area contributed by atoms with Gasteiger partial charge in [0.1, 0.15) is 12.4 Å². The third-order valence-corrected chi connectivity index (χ3v) is 6.26. The molecule has 0 spiro atoms. The fraction of sp³-hybridized carbons (Fsp3) is 0.174. The van der Waals surface area contributed by atoms with Gasteiger partial charge in [0.15, 0.2) is 0 Å². The second-order valence-corrected chi connectivity index (χ2v) is 8.35. The van der Waals surface area contributed by atoms with Crippen LogP contribution in [0.4, 0.5) is 10.5 Å². The van der Waals surface area contributed by atoms with E-state index in [0.29, 0.717) is 6.54 Å². The van der Waals surface area contributed by atoms with Crippen molar-refractivity contribution in [1.29, 1.82) is 0 Å². The predicted molar refractivity (Wildman–Crippen MR) is 115 cm³/mol. The number of benzene rings is 3. The van der Waals surface area contributed by atoms with E-state index in [1.165, 1.54) is 36.4 Å². The Morgan fingerprint density at radius 3 is 2.00 bits per heavy atom. The minimum Gasteiger partial charge on any atom is -0.432 e. The minimum atomic E-state index is -3.61. The lowest BCUT2D eigenvalue weighted by Gasteiger charge is -2.22. The second-order valence-electron chi connectivity index (χ2n) is 6.40. The zero-order chi connectivity index (χ0) is 21.4. The van der Waals surface area contributed by atoms with E-state index in [1.54, 1.807) is 18.2 Å². The van der Waals surface area contributed by atoms with Crippen molar-refractivity contribution in [2.75, 3.05) is 24.6 Å². The standard InChI is InChI=1S/C23H23NO5S/c1-2-24(19-9-5-3-6-10-19)17-18-28-23(25)29-20-13-15-22(16-14-20)30(26,27)21-11-7-4-8-12-21/h3-16H,2,17-18H2,1H3. The van der Waals surface area contributed by atoms with Crippen LogP contribution in [0.3, 0.4) is 0 Å². The average molecular weight is 426 g/mol. The van der Waals surface area contributed by atoms with Crippen molar-refractivity contribution in [1.82, 2.24) is 0 Å². The zero-order valence-electron chi connectivity index (χ0n) is 16.6. The number of hydrogen-bond acceptors (Lipinski definition) is 6. The van der Waals surface area contributed by atoms with Gasteiger partial charge in [-0.05, 0) is 55.5 Å². The Kier molecular flexibility index (Phi) is 7.08. The summed E-state index contributed by atoms with van der Waals surface area (Å²) in [4.78, 5) is 14.3. The highest BCUT2D eigenvalue weighted by molar-refractivity contribution is 7.91. The van der Waals surface area contributed by atoms with Gasteiger partial charge in [0.05, 0.1) is 16.3 Å². The number of sulfone groups is 1. The van der Waals surface area contributed by atoms with E-state index in [2.05, 4.69) is 4.90 Å². The van der Waals surface area contributed by atoms with Gasteiger partial charge in [0.25, 0.3) is 0 Å². The number of hydrogen-bond donors (Lipinski definition) is 0. The van der Waals surface area contributed by atoms with Crippen molar-refractivity contribution in [3.63, 3.8) is 0 Å². The molecular weight excluding hydrogens is 402 g/mol. The molecule has 0 unspecified atom stereocenters. The highest BCUT2D eigenvalue weighted by Gasteiger charge is 2.17. The Morgan fingerprint density at radius 2 is 1.40 bits per heavy atom. The van der Waals surface area contributed by atoms with Crippen LogP contribution in [0.25, 0.3) is 0 Å². The first-order valence-corrected chi connectivity index (χ1v) is 11.0. The number of carbonyl (C=O) groups is 1. The SMILES string of the molecule is CCN(CCOC(=O)Oc1ccc(S(=O)(=O)c2ccccc2)cc1)c1ccccc1. The molecule has 0 saturated carbocycles. The molecule has 3 aromatic carbocycles. The normalized spacial score (nSPS) is 11.0. The number of ether oxygens (including phenoxy) is 2. The largest absolute Gasteiger partial charge is 0.513 e. The van der Waals surface area contributed by atoms with Crippen molar-refractivity contribution >= 4 is 21.7 Å². The topological polar surface area (TPSA) is 72.9 Å². The first kappa shape index (κ1) is 21.4. The Balaban J connectivity index is 1.53. The summed E-state index contributed by atoms with van der Waals surface area (Å²) in [5.74, 6) is 0.211. The van der Waals surface area contributed by atoms with E-state index in [1.807, 2.05) is 37.3 Å². The summed E-state index contributed by atoms with van der Waals surface area (Å²) in [7, 11) is -3.61. The molecule has 0 saturated heterocycles. The van der Waals surface area contributed by atoms with Crippen LogP contribution in [0.5, 0.6) is 5.75 Å². The number of nitrogens with zero attached hydrogens (tertiary/aromatic N) is 1. The summed E-state index contributed by atoms with van der Waals surface area (Å²) in [6.07, 6.45) is -0.835. The summed E-state index contributed by atoms with van der Waals surface area (Å²) >= 11 is 0. The monoisotopic (exact) mass is 425 g/mol. The number of anilines is 1. The molecule has 156 valence electrons. The lowest BCUT2D eigenvalue weighted by molar-refractivity contribution is 0.101. The average Bonchev–Trinajstić information content (AvgIpc) is 2.78. The van der Waals surface area contributed by atoms with E-state index >= 15 is 0 Å². The van der Waals surface area contributed by atoms with Gasteiger partial charge in [-0.1, -0.05) is 36.4 Å². The summed E-state index contributed by atoms with van der Waals surface area (Å²) in [5.41, 5.74) is 1.05. The van der Waals surface area contributed by atoms with Gasteiger partial charge in [0.2, 0.25) is 9.84 Å². The Hall–Kier alpha value is -3.32. The predicted octanol–water partition coefficient (Wildman–Crippen LogP) is 4.56. The molecule has 0 atom stereocenters. The number of likely N-dealkylation sites (N-methyl/N-ethyl adjacent to an activating group) is 1. The molecule has 0 aliphatic rings. The third-order valence-electron chi connectivity index (χ3n) is 4.47. The Morgan fingerprint density at radius 1 is 0.833 bits per heavy atom. The highest BCUT2D eigenvalue weighted by Crippen LogP contribution is 2.23. The second kappa shape index (κ2) is 9.93. The molecule has 0 aromatic heterocycles. The fourth-order valence-electron chi connectivity index (χ4n) is 2.90. The van der Waals surface area contributed by atoms with E-state index in [0.717, 1.165) is 12.2 Å². The smallest absolute Gasteiger partial charge is 0.432 e. The molecule has 0 bridgehead atoms. The molecule has 0 N–H and O–H groups in total. The molecule has 30 heavy (non-hydrogen) atoms. The maximum Gasteiger partial charge on any atom is 0.513 e. The lowest BCUT2D eigenvalue weighted by atomic mass is 10.3. The van der Waals surface area contributed by atoms with Crippen molar-refractivity contribution in [2.24, 2.45) is 0 Å². The molecule has 3 aromatic rings. The van der Waals surface area contributed by atoms with Crippen LogP contribution in [-0.4, -0.2) is 34.3 Å². The zero-order valence-corrected chi connectivity index (χ0v) is 17.4. The third kappa shape index (κ3) is 5.39. The van der Waals surface area contributed by atoms with Crippen molar-refractivity contribution < 1.29 is 22.7 Å². The van der Waals surface area contributed by atoms with Crippen LogP contribution in [0.1, 0.15) is 6.92 Å². The Labute approximate surface area is 176 Å². The summed E-state index contributed by atoms with van der Waals surface area (Å²) < 4.78 is 35.4. The van der Waals surface area contributed by atoms with Crippen LogP contribution in [-0.2, 0) is 14.6 Å². The van der Waals surface area contributed by atoms with Crippen molar-refractivity contribution in [3.05, 3.63) is 84.9 Å².